The Bertz CT molecular complexity index is 342. The van der Waals surface area contributed by atoms with Crippen LogP contribution in [0.4, 0.5) is 4.79 Å². The molecule has 116 valence electrons. The number of carbonyl (C=O) groups excluding carboxylic acids is 1. The van der Waals surface area contributed by atoms with Crippen LogP contribution in [0.3, 0.4) is 0 Å². The molecule has 1 rings (SSSR count). The van der Waals surface area contributed by atoms with Gasteiger partial charge in [0.25, 0.3) is 0 Å². The molecule has 1 unspecified atom stereocenters. The van der Waals surface area contributed by atoms with Crippen LogP contribution in [-0.4, -0.2) is 65.6 Å². The Morgan fingerprint density at radius 1 is 1.40 bits per heavy atom. The van der Waals surface area contributed by atoms with Gasteiger partial charge in [0.1, 0.15) is 0 Å². The van der Waals surface area contributed by atoms with E-state index in [-0.39, 0.29) is 19.0 Å². The van der Waals surface area contributed by atoms with Gasteiger partial charge in [-0.25, -0.2) is 4.79 Å². The summed E-state index contributed by atoms with van der Waals surface area (Å²) >= 11 is 0. The Hall–Kier alpha value is -1.34. The number of nitrogens with zero attached hydrogens (tertiary/aromatic N) is 1. The highest BCUT2D eigenvalue weighted by molar-refractivity contribution is 5.75. The first-order valence-corrected chi connectivity index (χ1v) is 6.90. The molecule has 20 heavy (non-hydrogen) atoms. The average Bonchev–Trinajstić information content (AvgIpc) is 2.37. The SMILES string of the molecule is CCC(CC(=O)O)NC(=O)N(C)CC1(O)CCOCC1. The van der Waals surface area contributed by atoms with Gasteiger partial charge in [0.05, 0.1) is 18.6 Å². The van der Waals surface area contributed by atoms with Gasteiger partial charge in [-0.1, -0.05) is 6.92 Å². The number of amides is 2. The zero-order chi connectivity index (χ0) is 15.2. The Morgan fingerprint density at radius 2 is 2.00 bits per heavy atom. The maximum Gasteiger partial charge on any atom is 0.317 e. The van der Waals surface area contributed by atoms with Gasteiger partial charge in [-0.3, -0.25) is 4.79 Å². The second kappa shape index (κ2) is 7.44. The van der Waals surface area contributed by atoms with Crippen LogP contribution in [0.25, 0.3) is 0 Å². The average molecular weight is 288 g/mol. The zero-order valence-corrected chi connectivity index (χ0v) is 12.1. The molecule has 0 aromatic carbocycles. The van der Waals surface area contributed by atoms with E-state index in [1.807, 2.05) is 6.92 Å². The number of rotatable bonds is 6. The molecule has 0 aromatic rings. The van der Waals surface area contributed by atoms with Crippen LogP contribution >= 0.6 is 0 Å². The molecule has 0 bridgehead atoms. The maximum atomic E-state index is 12.0. The van der Waals surface area contributed by atoms with Crippen LogP contribution < -0.4 is 5.32 Å². The lowest BCUT2D eigenvalue weighted by atomic mass is 9.94. The maximum absolute atomic E-state index is 12.0. The number of aliphatic hydroxyl groups is 1. The first-order valence-electron chi connectivity index (χ1n) is 6.90. The topological polar surface area (TPSA) is 99.1 Å². The third kappa shape index (κ3) is 5.34. The fraction of sp³-hybridized carbons (Fsp3) is 0.846. The van der Waals surface area contributed by atoms with Crippen molar-refractivity contribution in [3.8, 4) is 0 Å². The first kappa shape index (κ1) is 16.7. The van der Waals surface area contributed by atoms with Crippen molar-refractivity contribution in [3.05, 3.63) is 0 Å². The molecular weight excluding hydrogens is 264 g/mol. The summed E-state index contributed by atoms with van der Waals surface area (Å²) in [5.74, 6) is -0.942. The number of urea groups is 1. The van der Waals surface area contributed by atoms with Crippen LogP contribution in [0, 0.1) is 0 Å². The summed E-state index contributed by atoms with van der Waals surface area (Å²) < 4.78 is 5.19. The summed E-state index contributed by atoms with van der Waals surface area (Å²) in [4.78, 5) is 24.1. The largest absolute Gasteiger partial charge is 0.481 e. The summed E-state index contributed by atoms with van der Waals surface area (Å²) in [5, 5.41) is 21.7. The third-order valence-electron chi connectivity index (χ3n) is 3.54. The lowest BCUT2D eigenvalue weighted by molar-refractivity contribution is -0.137. The molecule has 1 fully saturated rings. The molecule has 1 heterocycles. The molecule has 0 aromatic heterocycles. The number of ether oxygens (including phenoxy) is 1. The number of nitrogens with one attached hydrogen (secondary N) is 1. The van der Waals surface area contributed by atoms with E-state index in [2.05, 4.69) is 5.32 Å². The van der Waals surface area contributed by atoms with E-state index in [1.165, 1.54) is 4.90 Å². The van der Waals surface area contributed by atoms with Crippen molar-refractivity contribution in [2.45, 2.75) is 44.2 Å². The summed E-state index contributed by atoms with van der Waals surface area (Å²) in [6, 6.07) is -0.759. The highest BCUT2D eigenvalue weighted by Gasteiger charge is 2.32. The molecule has 7 nitrogen and oxygen atoms in total. The fourth-order valence-electron chi connectivity index (χ4n) is 2.22. The number of hydrogen-bond acceptors (Lipinski definition) is 4. The number of hydrogen-bond donors (Lipinski definition) is 3. The van der Waals surface area contributed by atoms with Crippen LogP contribution in [-0.2, 0) is 9.53 Å². The van der Waals surface area contributed by atoms with Crippen LogP contribution in [0.2, 0.25) is 0 Å². The Labute approximate surface area is 118 Å². The van der Waals surface area contributed by atoms with Gasteiger partial charge < -0.3 is 25.2 Å². The molecule has 1 aliphatic rings. The highest BCUT2D eigenvalue weighted by Crippen LogP contribution is 2.21. The van der Waals surface area contributed by atoms with Gasteiger partial charge >= 0.3 is 12.0 Å². The molecule has 0 radical (unpaired) electrons. The van der Waals surface area contributed by atoms with Gasteiger partial charge in [-0.2, -0.15) is 0 Å². The molecule has 1 saturated heterocycles. The molecule has 7 heteroatoms. The summed E-state index contributed by atoms with van der Waals surface area (Å²) in [6.07, 6.45) is 1.44. The normalized spacial score (nSPS) is 19.1. The monoisotopic (exact) mass is 288 g/mol. The predicted molar refractivity (Wildman–Crippen MR) is 72.5 cm³/mol. The number of aliphatic carboxylic acids is 1. The lowest BCUT2D eigenvalue weighted by Crippen LogP contribution is -2.51. The van der Waals surface area contributed by atoms with E-state index < -0.39 is 17.6 Å². The van der Waals surface area contributed by atoms with Gasteiger partial charge in [0.2, 0.25) is 0 Å². The Morgan fingerprint density at radius 3 is 2.50 bits per heavy atom. The van der Waals surface area contributed by atoms with E-state index >= 15 is 0 Å². The number of carbonyl (C=O) groups is 2. The van der Waals surface area contributed by atoms with Gasteiger partial charge in [-0.15, -0.1) is 0 Å². The molecule has 2 amide bonds. The van der Waals surface area contributed by atoms with Crippen molar-refractivity contribution in [2.75, 3.05) is 26.8 Å². The summed E-state index contributed by atoms with van der Waals surface area (Å²) in [6.45, 7) is 3.01. The minimum absolute atomic E-state index is 0.103. The van der Waals surface area contributed by atoms with Gasteiger partial charge in [-0.05, 0) is 6.42 Å². The van der Waals surface area contributed by atoms with Crippen LogP contribution in [0.1, 0.15) is 32.6 Å². The van der Waals surface area contributed by atoms with Crippen LogP contribution in [0.5, 0.6) is 0 Å². The van der Waals surface area contributed by atoms with E-state index in [1.54, 1.807) is 7.05 Å². The summed E-state index contributed by atoms with van der Waals surface area (Å²) in [5.41, 5.74) is -0.918. The molecule has 0 spiro atoms. The van der Waals surface area contributed by atoms with Crippen molar-refractivity contribution in [3.63, 3.8) is 0 Å². The van der Waals surface area contributed by atoms with Crippen molar-refractivity contribution >= 4 is 12.0 Å². The molecule has 3 N–H and O–H groups in total. The summed E-state index contributed by atoms with van der Waals surface area (Å²) in [7, 11) is 1.59. The molecule has 0 saturated carbocycles. The number of carboxylic acids is 1. The molecule has 1 atom stereocenters. The van der Waals surface area contributed by atoms with E-state index in [0.29, 0.717) is 32.5 Å². The Kier molecular flexibility index (Phi) is 6.22. The quantitative estimate of drug-likeness (QED) is 0.658. The van der Waals surface area contributed by atoms with E-state index in [9.17, 15) is 14.7 Å². The van der Waals surface area contributed by atoms with Crippen molar-refractivity contribution in [2.24, 2.45) is 0 Å². The fourth-order valence-corrected chi connectivity index (χ4v) is 2.22. The van der Waals surface area contributed by atoms with Crippen LogP contribution in [0.15, 0.2) is 0 Å². The highest BCUT2D eigenvalue weighted by atomic mass is 16.5. The van der Waals surface area contributed by atoms with Crippen molar-refractivity contribution in [1.82, 2.24) is 10.2 Å². The molecular formula is C13H24N2O5. The standard InChI is InChI=1S/C13H24N2O5/c1-3-10(8-11(16)17)14-12(18)15(2)9-13(19)4-6-20-7-5-13/h10,19H,3-9H2,1-2H3,(H,14,18)(H,16,17). The number of likely N-dealkylation sites (N-methyl/N-ethyl adjacent to an activating group) is 1. The van der Waals surface area contributed by atoms with E-state index in [4.69, 9.17) is 9.84 Å². The smallest absolute Gasteiger partial charge is 0.317 e. The minimum atomic E-state index is -0.942. The number of carboxylic acid groups (broad SMARTS) is 1. The van der Waals surface area contributed by atoms with Gasteiger partial charge in [0, 0.05) is 39.1 Å². The van der Waals surface area contributed by atoms with E-state index in [0.717, 1.165) is 0 Å². The lowest BCUT2D eigenvalue weighted by Gasteiger charge is -2.35. The second-order valence-corrected chi connectivity index (χ2v) is 5.35. The molecule has 1 aliphatic heterocycles. The second-order valence-electron chi connectivity index (χ2n) is 5.35. The van der Waals surface area contributed by atoms with Gasteiger partial charge in [0.15, 0.2) is 0 Å². The predicted octanol–water partition coefficient (Wildman–Crippen LogP) is 0.423. The minimum Gasteiger partial charge on any atom is -0.481 e. The third-order valence-corrected chi connectivity index (χ3v) is 3.54. The van der Waals surface area contributed by atoms with Crippen molar-refractivity contribution in [1.29, 1.82) is 0 Å². The van der Waals surface area contributed by atoms with Crippen molar-refractivity contribution < 1.29 is 24.5 Å². The molecule has 0 aliphatic carbocycles. The Balaban J connectivity index is 2.47. The zero-order valence-electron chi connectivity index (χ0n) is 12.1. The first-order chi connectivity index (χ1) is 9.36.